The molecule has 0 aliphatic rings. The summed E-state index contributed by atoms with van der Waals surface area (Å²) < 4.78 is 1.91. The molecule has 0 amide bonds. The van der Waals surface area contributed by atoms with Gasteiger partial charge in [-0.15, -0.1) is 5.10 Å². The fraction of sp³-hybridized carbons (Fsp3) is 0.211. The van der Waals surface area contributed by atoms with E-state index in [4.69, 9.17) is 0 Å². The molecule has 1 aromatic carbocycles. The Bertz CT molecular complexity index is 1010. The van der Waals surface area contributed by atoms with Crippen molar-refractivity contribution in [3.8, 4) is 11.3 Å². The average Bonchev–Trinajstić information content (AvgIpc) is 3.23. The van der Waals surface area contributed by atoms with Crippen LogP contribution in [0.5, 0.6) is 0 Å². The van der Waals surface area contributed by atoms with Crippen LogP contribution in [0.4, 0.5) is 10.8 Å². The van der Waals surface area contributed by atoms with E-state index in [0.29, 0.717) is 0 Å². The Morgan fingerprint density at radius 3 is 2.85 bits per heavy atom. The zero-order valence-corrected chi connectivity index (χ0v) is 15.6. The lowest BCUT2D eigenvalue weighted by Crippen LogP contribution is -2.08. The van der Waals surface area contributed by atoms with Crippen molar-refractivity contribution in [2.24, 2.45) is 0 Å². The van der Waals surface area contributed by atoms with E-state index in [1.807, 2.05) is 49.2 Å². The molecule has 7 heteroatoms. The van der Waals surface area contributed by atoms with Crippen LogP contribution in [0.15, 0.2) is 54.9 Å². The minimum absolute atomic E-state index is 0.791. The third-order valence-corrected chi connectivity index (χ3v) is 5.01. The number of aromatic nitrogens is 4. The summed E-state index contributed by atoms with van der Waals surface area (Å²) in [6, 6.07) is 14.4. The fourth-order valence-electron chi connectivity index (χ4n) is 2.75. The minimum Gasteiger partial charge on any atom is -0.378 e. The van der Waals surface area contributed by atoms with E-state index in [2.05, 4.69) is 49.5 Å². The number of rotatable bonds is 6. The maximum absolute atomic E-state index is 4.68. The van der Waals surface area contributed by atoms with Gasteiger partial charge in [0.25, 0.3) is 0 Å². The molecule has 0 saturated carbocycles. The third kappa shape index (κ3) is 3.39. The Labute approximate surface area is 156 Å². The van der Waals surface area contributed by atoms with Gasteiger partial charge in [-0.1, -0.05) is 29.5 Å². The molecule has 3 heterocycles. The van der Waals surface area contributed by atoms with Crippen molar-refractivity contribution in [2.75, 3.05) is 30.9 Å². The Balaban J connectivity index is 1.53. The Morgan fingerprint density at radius 1 is 1.12 bits per heavy atom. The normalized spacial score (nSPS) is 11.0. The topological polar surface area (TPSA) is 58.4 Å². The van der Waals surface area contributed by atoms with Gasteiger partial charge in [-0.05, 0) is 24.3 Å². The van der Waals surface area contributed by atoms with Crippen molar-refractivity contribution in [3.63, 3.8) is 0 Å². The van der Waals surface area contributed by atoms with Gasteiger partial charge in [0.1, 0.15) is 0 Å². The molecule has 0 bridgehead atoms. The summed E-state index contributed by atoms with van der Waals surface area (Å²) in [6.45, 7) is 0.791. The van der Waals surface area contributed by atoms with Gasteiger partial charge in [0, 0.05) is 50.2 Å². The molecule has 0 aliphatic heterocycles. The number of anilines is 2. The molecule has 3 aromatic heterocycles. The average molecular weight is 364 g/mol. The Kier molecular flexibility index (Phi) is 4.53. The highest BCUT2D eigenvalue weighted by atomic mass is 32.1. The Hall–Kier alpha value is -2.93. The third-order valence-electron chi connectivity index (χ3n) is 4.13. The van der Waals surface area contributed by atoms with Gasteiger partial charge in [-0.25, -0.2) is 9.50 Å². The van der Waals surface area contributed by atoms with E-state index in [-0.39, 0.29) is 0 Å². The standard InChI is InChI=1S/C19H20N6S/c1-24(2)16-8-5-6-14(12-16)17-13-22-19-25(17)23-18(26-19)21-11-9-15-7-3-4-10-20-15/h3-8,10,12-13H,9,11H2,1-2H3,(H,21,23). The predicted molar refractivity (Wildman–Crippen MR) is 107 cm³/mol. The van der Waals surface area contributed by atoms with Crippen LogP contribution in [0, 0.1) is 0 Å². The summed E-state index contributed by atoms with van der Waals surface area (Å²) in [5.41, 5.74) is 4.33. The van der Waals surface area contributed by atoms with Gasteiger partial charge >= 0.3 is 0 Å². The van der Waals surface area contributed by atoms with Gasteiger partial charge in [0.15, 0.2) is 0 Å². The first-order chi connectivity index (χ1) is 12.7. The van der Waals surface area contributed by atoms with Crippen LogP contribution < -0.4 is 10.2 Å². The zero-order chi connectivity index (χ0) is 17.9. The number of pyridine rings is 1. The molecule has 0 radical (unpaired) electrons. The van der Waals surface area contributed by atoms with Gasteiger partial charge in [-0.3, -0.25) is 4.98 Å². The second-order valence-electron chi connectivity index (χ2n) is 6.19. The maximum Gasteiger partial charge on any atom is 0.214 e. The summed E-state index contributed by atoms with van der Waals surface area (Å²) in [5.74, 6) is 0. The molecular weight excluding hydrogens is 344 g/mol. The second kappa shape index (κ2) is 7.13. The molecule has 0 unspecified atom stereocenters. The number of nitrogens with one attached hydrogen (secondary N) is 1. The van der Waals surface area contributed by atoms with Crippen LogP contribution in [-0.4, -0.2) is 40.2 Å². The number of nitrogens with zero attached hydrogens (tertiary/aromatic N) is 5. The number of fused-ring (bicyclic) bond motifs is 1. The number of imidazole rings is 1. The highest BCUT2D eigenvalue weighted by Gasteiger charge is 2.12. The number of hydrogen-bond acceptors (Lipinski definition) is 6. The van der Waals surface area contributed by atoms with Gasteiger partial charge in [0.05, 0.1) is 11.9 Å². The Morgan fingerprint density at radius 2 is 2.04 bits per heavy atom. The molecule has 6 nitrogen and oxygen atoms in total. The van der Waals surface area contributed by atoms with Crippen molar-refractivity contribution < 1.29 is 0 Å². The first-order valence-electron chi connectivity index (χ1n) is 8.47. The first kappa shape index (κ1) is 16.5. The summed E-state index contributed by atoms with van der Waals surface area (Å²) in [4.78, 5) is 11.8. The van der Waals surface area contributed by atoms with Crippen molar-refractivity contribution in [1.82, 2.24) is 19.6 Å². The predicted octanol–water partition coefficient (Wildman–Crippen LogP) is 3.57. The lowest BCUT2D eigenvalue weighted by molar-refractivity contribution is 0.931. The SMILES string of the molecule is CN(C)c1cccc(-c2cnc3sc(NCCc4ccccn4)nn23)c1. The van der Waals surface area contributed by atoms with E-state index >= 15 is 0 Å². The zero-order valence-electron chi connectivity index (χ0n) is 14.8. The van der Waals surface area contributed by atoms with E-state index in [0.717, 1.165) is 45.7 Å². The molecule has 4 aromatic rings. The highest BCUT2D eigenvalue weighted by molar-refractivity contribution is 7.20. The molecule has 0 saturated heterocycles. The molecular formula is C19H20N6S. The molecule has 4 rings (SSSR count). The highest BCUT2D eigenvalue weighted by Crippen LogP contribution is 2.28. The van der Waals surface area contributed by atoms with Gasteiger partial charge in [0.2, 0.25) is 10.1 Å². The summed E-state index contributed by atoms with van der Waals surface area (Å²) >= 11 is 1.56. The van der Waals surface area contributed by atoms with Crippen molar-refractivity contribution in [2.45, 2.75) is 6.42 Å². The smallest absolute Gasteiger partial charge is 0.214 e. The monoisotopic (exact) mass is 364 g/mol. The molecule has 0 fully saturated rings. The molecule has 26 heavy (non-hydrogen) atoms. The summed E-state index contributed by atoms with van der Waals surface area (Å²) in [7, 11) is 4.08. The lowest BCUT2D eigenvalue weighted by atomic mass is 10.1. The van der Waals surface area contributed by atoms with Crippen LogP contribution in [0.3, 0.4) is 0 Å². The van der Waals surface area contributed by atoms with E-state index in [1.54, 1.807) is 11.3 Å². The quantitative estimate of drug-likeness (QED) is 0.567. The van der Waals surface area contributed by atoms with E-state index < -0.39 is 0 Å². The van der Waals surface area contributed by atoms with Crippen molar-refractivity contribution >= 4 is 27.1 Å². The van der Waals surface area contributed by atoms with Crippen molar-refractivity contribution in [1.29, 1.82) is 0 Å². The lowest BCUT2D eigenvalue weighted by Gasteiger charge is -2.13. The fourth-order valence-corrected chi connectivity index (χ4v) is 3.55. The van der Waals surface area contributed by atoms with E-state index in [9.17, 15) is 0 Å². The van der Waals surface area contributed by atoms with E-state index in [1.165, 1.54) is 0 Å². The molecule has 1 N–H and O–H groups in total. The van der Waals surface area contributed by atoms with Crippen LogP contribution >= 0.6 is 11.3 Å². The minimum atomic E-state index is 0.791. The van der Waals surface area contributed by atoms with Crippen LogP contribution in [0.2, 0.25) is 0 Å². The maximum atomic E-state index is 4.68. The molecule has 132 valence electrons. The molecule has 0 atom stereocenters. The van der Waals surface area contributed by atoms with Crippen LogP contribution in [-0.2, 0) is 6.42 Å². The molecule has 0 aliphatic carbocycles. The first-order valence-corrected chi connectivity index (χ1v) is 9.28. The molecule has 0 spiro atoms. The van der Waals surface area contributed by atoms with Gasteiger partial charge < -0.3 is 10.2 Å². The second-order valence-corrected chi connectivity index (χ2v) is 7.14. The largest absolute Gasteiger partial charge is 0.378 e. The number of benzene rings is 1. The van der Waals surface area contributed by atoms with Crippen LogP contribution in [0.1, 0.15) is 5.69 Å². The van der Waals surface area contributed by atoms with Crippen molar-refractivity contribution in [3.05, 3.63) is 60.6 Å². The number of hydrogen-bond donors (Lipinski definition) is 1. The summed E-state index contributed by atoms with van der Waals surface area (Å²) in [5, 5.41) is 8.93. The van der Waals surface area contributed by atoms with Gasteiger partial charge in [-0.2, -0.15) is 0 Å². The summed E-state index contributed by atoms with van der Waals surface area (Å²) in [6.07, 6.45) is 4.56. The van der Waals surface area contributed by atoms with Crippen LogP contribution in [0.25, 0.3) is 16.2 Å².